The summed E-state index contributed by atoms with van der Waals surface area (Å²) < 4.78 is 0. The van der Waals surface area contributed by atoms with Crippen molar-refractivity contribution in [3.05, 3.63) is 23.3 Å². The minimum absolute atomic E-state index is 0.609. The zero-order chi connectivity index (χ0) is 20.0. The average Bonchev–Trinajstić information content (AvgIpc) is 2.71. The number of hydrogen-bond donors (Lipinski definition) is 0. The Kier molecular flexibility index (Phi) is 11.8. The molecular formula is C26H46N2. The maximum Gasteiger partial charge on any atom is 0.131 e. The molecule has 0 N–H and O–H groups in total. The van der Waals surface area contributed by atoms with Crippen LogP contribution >= 0.6 is 0 Å². The van der Waals surface area contributed by atoms with Crippen molar-refractivity contribution in [3.63, 3.8) is 0 Å². The first kappa shape index (κ1) is 23.4. The minimum Gasteiger partial charge on any atom is -0.241 e. The van der Waals surface area contributed by atoms with Gasteiger partial charge in [-0.05, 0) is 56.9 Å². The zero-order valence-electron chi connectivity index (χ0n) is 19.1. The van der Waals surface area contributed by atoms with E-state index in [1.165, 1.54) is 114 Å². The van der Waals surface area contributed by atoms with E-state index in [4.69, 9.17) is 9.97 Å². The Morgan fingerprint density at radius 1 is 0.786 bits per heavy atom. The van der Waals surface area contributed by atoms with Gasteiger partial charge in [-0.2, -0.15) is 0 Å². The minimum atomic E-state index is 0.609. The molecular weight excluding hydrogens is 340 g/mol. The fourth-order valence-electron chi connectivity index (χ4n) is 4.87. The molecule has 0 atom stereocenters. The van der Waals surface area contributed by atoms with E-state index < -0.39 is 0 Å². The summed E-state index contributed by atoms with van der Waals surface area (Å²) in [4.78, 5) is 9.71. The van der Waals surface area contributed by atoms with Crippen LogP contribution in [0.15, 0.2) is 6.20 Å². The first-order chi connectivity index (χ1) is 13.7. The quantitative estimate of drug-likeness (QED) is 0.300. The van der Waals surface area contributed by atoms with Crippen LogP contribution in [0.4, 0.5) is 0 Å². The maximum absolute atomic E-state index is 4.92. The lowest BCUT2D eigenvalue weighted by Crippen LogP contribution is -2.16. The van der Waals surface area contributed by atoms with Crippen molar-refractivity contribution in [1.29, 1.82) is 0 Å². The van der Waals surface area contributed by atoms with Crippen LogP contribution < -0.4 is 0 Å². The predicted octanol–water partition coefficient (Wildman–Crippen LogP) is 8.32. The number of hydrogen-bond acceptors (Lipinski definition) is 2. The summed E-state index contributed by atoms with van der Waals surface area (Å²) in [5, 5.41) is 0. The van der Waals surface area contributed by atoms with Gasteiger partial charge in [0.1, 0.15) is 5.82 Å². The number of aromatic nitrogens is 2. The third kappa shape index (κ3) is 8.62. The highest BCUT2D eigenvalue weighted by Crippen LogP contribution is 2.36. The van der Waals surface area contributed by atoms with Crippen LogP contribution in [0.5, 0.6) is 0 Å². The lowest BCUT2D eigenvalue weighted by atomic mass is 9.79. The second-order valence-electron chi connectivity index (χ2n) is 9.28. The van der Waals surface area contributed by atoms with E-state index in [0.717, 1.165) is 18.2 Å². The molecule has 1 aromatic rings. The van der Waals surface area contributed by atoms with E-state index in [0.29, 0.717) is 5.92 Å². The largest absolute Gasteiger partial charge is 0.241 e. The monoisotopic (exact) mass is 386 g/mol. The van der Waals surface area contributed by atoms with E-state index in [1.807, 2.05) is 0 Å². The van der Waals surface area contributed by atoms with E-state index >= 15 is 0 Å². The van der Waals surface area contributed by atoms with Gasteiger partial charge in [0, 0.05) is 17.8 Å². The van der Waals surface area contributed by atoms with Gasteiger partial charge in [0.05, 0.1) is 0 Å². The fourth-order valence-corrected chi connectivity index (χ4v) is 4.87. The van der Waals surface area contributed by atoms with Crippen molar-refractivity contribution in [3.8, 4) is 0 Å². The van der Waals surface area contributed by atoms with Crippen molar-refractivity contribution < 1.29 is 0 Å². The third-order valence-corrected chi connectivity index (χ3v) is 6.81. The molecule has 0 aliphatic heterocycles. The van der Waals surface area contributed by atoms with Gasteiger partial charge in [0.25, 0.3) is 0 Å². The van der Waals surface area contributed by atoms with Crippen LogP contribution in [0, 0.1) is 12.8 Å². The van der Waals surface area contributed by atoms with Gasteiger partial charge in [-0.3, -0.25) is 0 Å². The third-order valence-electron chi connectivity index (χ3n) is 6.81. The molecule has 2 rings (SSSR count). The molecule has 28 heavy (non-hydrogen) atoms. The number of unbranched alkanes of at least 4 members (excludes halogenated alkanes) is 9. The Bertz CT molecular complexity index is 517. The van der Waals surface area contributed by atoms with Crippen LogP contribution in [-0.2, 0) is 6.42 Å². The molecule has 0 aromatic carbocycles. The normalized spacial score (nSPS) is 19.8. The Morgan fingerprint density at radius 2 is 1.39 bits per heavy atom. The molecule has 1 aliphatic rings. The standard InChI is InChI=1S/C26H46N2/c1-4-6-7-8-9-10-11-12-13-14-16-25-21-27-26(28-22(25)3)24-19-17-23(15-5-2)18-20-24/h21,23-24H,4-20H2,1-3H3. The number of aryl methyl sites for hydroxylation is 2. The highest BCUT2D eigenvalue weighted by atomic mass is 14.9. The van der Waals surface area contributed by atoms with Crippen molar-refractivity contribution in [2.75, 3.05) is 0 Å². The fraction of sp³-hybridized carbons (Fsp3) is 0.846. The van der Waals surface area contributed by atoms with Crippen LogP contribution in [0.1, 0.15) is 140 Å². The second-order valence-corrected chi connectivity index (χ2v) is 9.28. The first-order valence-electron chi connectivity index (χ1n) is 12.6. The Labute approximate surface area is 175 Å². The lowest BCUT2D eigenvalue weighted by Gasteiger charge is -2.27. The van der Waals surface area contributed by atoms with Crippen molar-refractivity contribution in [2.24, 2.45) is 5.92 Å². The molecule has 0 unspecified atom stereocenters. The molecule has 160 valence electrons. The molecule has 2 heteroatoms. The summed E-state index contributed by atoms with van der Waals surface area (Å²) in [6.07, 6.45) is 25.4. The molecule has 0 radical (unpaired) electrons. The SMILES string of the molecule is CCCCCCCCCCCCc1cnc(C2CCC(CCC)CC2)nc1C. The van der Waals surface area contributed by atoms with Crippen LogP contribution in [0.25, 0.3) is 0 Å². The van der Waals surface area contributed by atoms with Gasteiger partial charge in [0.2, 0.25) is 0 Å². The zero-order valence-corrected chi connectivity index (χ0v) is 19.1. The van der Waals surface area contributed by atoms with Crippen molar-refractivity contribution in [1.82, 2.24) is 9.97 Å². The van der Waals surface area contributed by atoms with E-state index in [1.54, 1.807) is 0 Å². The predicted molar refractivity (Wildman–Crippen MR) is 122 cm³/mol. The number of rotatable bonds is 14. The lowest BCUT2D eigenvalue weighted by molar-refractivity contribution is 0.302. The van der Waals surface area contributed by atoms with Gasteiger partial charge in [-0.15, -0.1) is 0 Å². The van der Waals surface area contributed by atoms with E-state index in [2.05, 4.69) is 27.0 Å². The Balaban J connectivity index is 1.61. The molecule has 1 aliphatic carbocycles. The van der Waals surface area contributed by atoms with Gasteiger partial charge < -0.3 is 0 Å². The van der Waals surface area contributed by atoms with Crippen LogP contribution in [0.3, 0.4) is 0 Å². The van der Waals surface area contributed by atoms with Gasteiger partial charge in [0.15, 0.2) is 0 Å². The molecule has 0 spiro atoms. The summed E-state index contributed by atoms with van der Waals surface area (Å²) in [5.74, 6) is 2.69. The highest BCUT2D eigenvalue weighted by Gasteiger charge is 2.24. The van der Waals surface area contributed by atoms with E-state index in [9.17, 15) is 0 Å². The summed E-state index contributed by atoms with van der Waals surface area (Å²) in [6.45, 7) is 6.80. The highest BCUT2D eigenvalue weighted by molar-refractivity contribution is 5.17. The summed E-state index contributed by atoms with van der Waals surface area (Å²) >= 11 is 0. The molecule has 1 aromatic heterocycles. The smallest absolute Gasteiger partial charge is 0.131 e. The van der Waals surface area contributed by atoms with Crippen molar-refractivity contribution >= 4 is 0 Å². The van der Waals surface area contributed by atoms with E-state index in [-0.39, 0.29) is 0 Å². The van der Waals surface area contributed by atoms with Gasteiger partial charge in [-0.25, -0.2) is 9.97 Å². The second kappa shape index (κ2) is 14.1. The Morgan fingerprint density at radius 3 is 1.96 bits per heavy atom. The summed E-state index contributed by atoms with van der Waals surface area (Å²) in [6, 6.07) is 0. The molecule has 0 saturated heterocycles. The number of nitrogens with zero attached hydrogens (tertiary/aromatic N) is 2. The van der Waals surface area contributed by atoms with Crippen LogP contribution in [0.2, 0.25) is 0 Å². The van der Waals surface area contributed by atoms with Gasteiger partial charge >= 0.3 is 0 Å². The molecule has 0 bridgehead atoms. The maximum atomic E-state index is 4.92. The van der Waals surface area contributed by atoms with Gasteiger partial charge in [-0.1, -0.05) is 84.5 Å². The molecule has 2 nitrogen and oxygen atoms in total. The molecule has 1 saturated carbocycles. The Hall–Kier alpha value is -0.920. The van der Waals surface area contributed by atoms with Crippen LogP contribution in [-0.4, -0.2) is 9.97 Å². The average molecular weight is 387 g/mol. The first-order valence-corrected chi connectivity index (χ1v) is 12.6. The molecule has 0 amide bonds. The summed E-state index contributed by atoms with van der Waals surface area (Å²) in [5.41, 5.74) is 2.61. The summed E-state index contributed by atoms with van der Waals surface area (Å²) in [7, 11) is 0. The van der Waals surface area contributed by atoms with Crippen molar-refractivity contribution in [2.45, 2.75) is 136 Å². The molecule has 1 heterocycles. The topological polar surface area (TPSA) is 25.8 Å². The molecule has 1 fully saturated rings.